The van der Waals surface area contributed by atoms with E-state index in [0.29, 0.717) is 0 Å². The highest BCUT2D eigenvalue weighted by molar-refractivity contribution is 7.05. The van der Waals surface area contributed by atoms with Crippen LogP contribution in [0.1, 0.15) is 51.3 Å². The molecule has 1 rings (SSSR count). The molecule has 0 fully saturated rings. The molecule has 1 N–H and O–H groups in total. The van der Waals surface area contributed by atoms with Crippen LogP contribution in [0, 0.1) is 0 Å². The van der Waals surface area contributed by atoms with Crippen LogP contribution in [0.4, 0.5) is 0 Å². The molecule has 0 aromatic carbocycles. The highest BCUT2D eigenvalue weighted by Crippen LogP contribution is 2.31. The third-order valence-corrected chi connectivity index (χ3v) is 2.78. The third kappa shape index (κ3) is 3.11. The number of nitrogens with zero attached hydrogens (tertiary/aromatic N) is 2. The molecule has 0 saturated heterocycles. The van der Waals surface area contributed by atoms with Crippen molar-refractivity contribution < 1.29 is 5.11 Å². The number of hydrogen-bond donors (Lipinski definition) is 1. The summed E-state index contributed by atoms with van der Waals surface area (Å²) in [7, 11) is 0. The highest BCUT2D eigenvalue weighted by Gasteiger charge is 2.25. The summed E-state index contributed by atoms with van der Waals surface area (Å²) < 4.78 is 3.92. The average molecular weight is 226 g/mol. The molecule has 0 aliphatic rings. The zero-order valence-electron chi connectivity index (χ0n) is 9.90. The highest BCUT2D eigenvalue weighted by atomic mass is 32.1. The van der Waals surface area contributed by atoms with Crippen molar-refractivity contribution in [3.05, 3.63) is 22.2 Å². The van der Waals surface area contributed by atoms with Gasteiger partial charge in [0.05, 0.1) is 10.6 Å². The molecule has 1 aromatic rings. The second-order valence-electron chi connectivity index (χ2n) is 4.92. The number of allylic oxidation sites excluding steroid dienone is 1. The molecule has 4 heteroatoms. The van der Waals surface area contributed by atoms with Crippen molar-refractivity contribution in [1.29, 1.82) is 0 Å². The van der Waals surface area contributed by atoms with Crippen LogP contribution in [-0.4, -0.2) is 14.7 Å². The molecular weight excluding hydrogens is 208 g/mol. The Balaban J connectivity index is 3.06. The molecule has 0 bridgehead atoms. The Morgan fingerprint density at radius 2 is 2.00 bits per heavy atom. The van der Waals surface area contributed by atoms with Gasteiger partial charge in [0.25, 0.3) is 0 Å². The van der Waals surface area contributed by atoms with Gasteiger partial charge in [-0.25, -0.2) is 0 Å². The van der Waals surface area contributed by atoms with Gasteiger partial charge >= 0.3 is 0 Å². The van der Waals surface area contributed by atoms with Crippen molar-refractivity contribution in [3.8, 4) is 0 Å². The normalized spacial score (nSPS) is 13.7. The summed E-state index contributed by atoms with van der Waals surface area (Å²) in [5, 5.41) is 14.1. The second kappa shape index (κ2) is 4.41. The van der Waals surface area contributed by atoms with Crippen LogP contribution < -0.4 is 0 Å². The van der Waals surface area contributed by atoms with Crippen molar-refractivity contribution in [3.63, 3.8) is 0 Å². The first-order valence-corrected chi connectivity index (χ1v) is 5.75. The topological polar surface area (TPSA) is 46.0 Å². The Morgan fingerprint density at radius 1 is 1.40 bits per heavy atom. The Hall–Kier alpha value is -0.740. The molecule has 0 radical (unpaired) electrons. The zero-order chi connectivity index (χ0) is 11.6. The fourth-order valence-electron chi connectivity index (χ4n) is 1.30. The van der Waals surface area contributed by atoms with E-state index in [4.69, 9.17) is 0 Å². The van der Waals surface area contributed by atoms with Gasteiger partial charge in [-0.1, -0.05) is 36.9 Å². The van der Waals surface area contributed by atoms with Gasteiger partial charge in [0.2, 0.25) is 0 Å². The summed E-state index contributed by atoms with van der Waals surface area (Å²) in [6, 6.07) is 0. The van der Waals surface area contributed by atoms with Crippen LogP contribution in [0.3, 0.4) is 0 Å². The van der Waals surface area contributed by atoms with Gasteiger partial charge in [0.1, 0.15) is 6.10 Å². The second-order valence-corrected chi connectivity index (χ2v) is 5.71. The molecule has 0 aliphatic carbocycles. The molecule has 15 heavy (non-hydrogen) atoms. The van der Waals surface area contributed by atoms with E-state index < -0.39 is 6.10 Å². The van der Waals surface area contributed by atoms with Crippen molar-refractivity contribution >= 4 is 11.5 Å². The monoisotopic (exact) mass is 226 g/mol. The first kappa shape index (κ1) is 12.3. The minimum absolute atomic E-state index is 0.0706. The minimum Gasteiger partial charge on any atom is -0.383 e. The van der Waals surface area contributed by atoms with E-state index in [1.165, 1.54) is 11.5 Å². The summed E-state index contributed by atoms with van der Waals surface area (Å²) in [6.45, 7) is 10.1. The van der Waals surface area contributed by atoms with Gasteiger partial charge in [-0.15, -0.1) is 5.10 Å². The van der Waals surface area contributed by atoms with Crippen LogP contribution in [0.25, 0.3) is 0 Å². The van der Waals surface area contributed by atoms with Crippen LogP contribution >= 0.6 is 11.5 Å². The molecule has 0 saturated carbocycles. The summed E-state index contributed by atoms with van der Waals surface area (Å²) in [4.78, 5) is 0.851. The number of aromatic nitrogens is 2. The van der Waals surface area contributed by atoms with Gasteiger partial charge in [-0.05, 0) is 25.4 Å². The lowest BCUT2D eigenvalue weighted by Crippen LogP contribution is -2.15. The van der Waals surface area contributed by atoms with Gasteiger partial charge in [0.15, 0.2) is 0 Å². The number of hydrogen-bond acceptors (Lipinski definition) is 4. The van der Waals surface area contributed by atoms with E-state index in [-0.39, 0.29) is 5.41 Å². The smallest absolute Gasteiger partial charge is 0.110 e. The first-order valence-electron chi connectivity index (χ1n) is 4.98. The summed E-state index contributed by atoms with van der Waals surface area (Å²) in [5.41, 5.74) is 1.91. The lowest BCUT2D eigenvalue weighted by atomic mass is 9.90. The predicted octanol–water partition coefficient (Wildman–Crippen LogP) is 2.84. The first-order chi connectivity index (χ1) is 6.82. The molecule has 84 valence electrons. The standard InChI is InChI=1S/C11H18N2OS/c1-7(2)6-8(14)9-10(11(3,4)5)12-13-15-9/h6,8,14H,1-5H3. The molecule has 1 unspecified atom stereocenters. The molecule has 3 nitrogen and oxygen atoms in total. The molecule has 1 aromatic heterocycles. The summed E-state index contributed by atoms with van der Waals surface area (Å²) in [6.07, 6.45) is 1.24. The molecule has 0 spiro atoms. The van der Waals surface area contributed by atoms with Crippen molar-refractivity contribution in [1.82, 2.24) is 9.59 Å². The van der Waals surface area contributed by atoms with Crippen LogP contribution in [0.5, 0.6) is 0 Å². The average Bonchev–Trinajstić information content (AvgIpc) is 2.48. The third-order valence-electron chi connectivity index (χ3n) is 1.98. The molecule has 0 aliphatic heterocycles. The Morgan fingerprint density at radius 3 is 2.47 bits per heavy atom. The Bertz CT molecular complexity index is 359. The van der Waals surface area contributed by atoms with Crippen molar-refractivity contribution in [2.75, 3.05) is 0 Å². The van der Waals surface area contributed by atoms with Crippen molar-refractivity contribution in [2.24, 2.45) is 0 Å². The van der Waals surface area contributed by atoms with E-state index in [1.807, 2.05) is 19.9 Å². The van der Waals surface area contributed by atoms with E-state index in [9.17, 15) is 5.11 Å². The molecule has 0 amide bonds. The summed E-state index contributed by atoms with van der Waals surface area (Å²) in [5.74, 6) is 0. The Kier molecular flexibility index (Phi) is 3.62. The van der Waals surface area contributed by atoms with Crippen LogP contribution in [-0.2, 0) is 5.41 Å². The van der Waals surface area contributed by atoms with Crippen LogP contribution in [0.15, 0.2) is 11.6 Å². The fraction of sp³-hybridized carbons (Fsp3) is 0.636. The maximum Gasteiger partial charge on any atom is 0.110 e. The lowest BCUT2D eigenvalue weighted by molar-refractivity contribution is 0.228. The predicted molar refractivity (Wildman–Crippen MR) is 63.0 cm³/mol. The van der Waals surface area contributed by atoms with E-state index in [1.54, 1.807) is 0 Å². The zero-order valence-corrected chi connectivity index (χ0v) is 10.7. The molecule has 1 atom stereocenters. The maximum absolute atomic E-state index is 9.98. The number of aliphatic hydroxyl groups is 1. The van der Waals surface area contributed by atoms with Gasteiger partial charge in [-0.2, -0.15) is 0 Å². The van der Waals surface area contributed by atoms with Gasteiger partial charge < -0.3 is 5.11 Å². The lowest BCUT2D eigenvalue weighted by Gasteiger charge is -2.17. The van der Waals surface area contributed by atoms with Crippen molar-refractivity contribution in [2.45, 2.75) is 46.1 Å². The maximum atomic E-state index is 9.98. The number of aliphatic hydroxyl groups excluding tert-OH is 1. The fourth-order valence-corrected chi connectivity index (χ4v) is 2.12. The van der Waals surface area contributed by atoms with E-state index in [0.717, 1.165) is 16.1 Å². The van der Waals surface area contributed by atoms with Gasteiger partial charge in [-0.3, -0.25) is 0 Å². The Labute approximate surface area is 95.0 Å². The van der Waals surface area contributed by atoms with E-state index >= 15 is 0 Å². The quantitative estimate of drug-likeness (QED) is 0.789. The molecule has 1 heterocycles. The molecular formula is C11H18N2OS. The minimum atomic E-state index is -0.579. The summed E-state index contributed by atoms with van der Waals surface area (Å²) >= 11 is 1.27. The van der Waals surface area contributed by atoms with Crippen LogP contribution in [0.2, 0.25) is 0 Å². The SMILES string of the molecule is CC(C)=CC(O)c1snnc1C(C)(C)C. The van der Waals surface area contributed by atoms with E-state index in [2.05, 4.69) is 30.4 Å². The van der Waals surface area contributed by atoms with Gasteiger partial charge in [0, 0.05) is 5.41 Å². The largest absolute Gasteiger partial charge is 0.383 e. The number of rotatable bonds is 2.